The molecule has 0 atom stereocenters. The molecule has 1 aliphatic rings. The summed E-state index contributed by atoms with van der Waals surface area (Å²) in [6, 6.07) is 5.57. The van der Waals surface area contributed by atoms with Crippen molar-refractivity contribution in [3.8, 4) is 5.69 Å². The van der Waals surface area contributed by atoms with Gasteiger partial charge in [0.05, 0.1) is 11.1 Å². The van der Waals surface area contributed by atoms with Crippen LogP contribution < -0.4 is 0 Å². The molecule has 0 radical (unpaired) electrons. The van der Waals surface area contributed by atoms with Crippen LogP contribution in [0.4, 0.5) is 13.2 Å². The number of alkyl halides is 3. The number of imidazole rings is 1. The lowest BCUT2D eigenvalue weighted by atomic mass is 10.1. The summed E-state index contributed by atoms with van der Waals surface area (Å²) < 4.78 is 64.1. The number of rotatable bonds is 3. The van der Waals surface area contributed by atoms with Crippen molar-refractivity contribution in [2.45, 2.75) is 17.5 Å². The summed E-state index contributed by atoms with van der Waals surface area (Å²) in [5.41, 5.74) is 2.60. The van der Waals surface area contributed by atoms with Gasteiger partial charge in [0.25, 0.3) is 0 Å². The number of sulfone groups is 1. The van der Waals surface area contributed by atoms with Gasteiger partial charge >= 0.3 is 6.18 Å². The molecule has 0 unspecified atom stereocenters. The van der Waals surface area contributed by atoms with Gasteiger partial charge in [-0.15, -0.1) is 5.73 Å². The summed E-state index contributed by atoms with van der Waals surface area (Å²) in [5, 5.41) is 0. The molecule has 1 aromatic heterocycles. The molecule has 2 heterocycles. The molecular weight excluding hydrogens is 379 g/mol. The van der Waals surface area contributed by atoms with E-state index in [1.165, 1.54) is 35.0 Å². The van der Waals surface area contributed by atoms with Crippen LogP contribution in [0.2, 0.25) is 0 Å². The van der Waals surface area contributed by atoms with Crippen molar-refractivity contribution < 1.29 is 21.6 Å². The standard InChI is InChI=1S/C18H14F3N3O2S/c1-27(25,26)15-7-5-14(6-8-15)24-12-16(18(19,20)21)23-17(24)13-4-2-3-10-22-11-9-13/h2,4-8,10-12H,9H2,1H3/b13-4+,22-11?. The van der Waals surface area contributed by atoms with E-state index in [0.717, 1.165) is 12.5 Å². The van der Waals surface area contributed by atoms with Gasteiger partial charge in [-0.3, -0.25) is 9.56 Å². The number of benzene rings is 1. The van der Waals surface area contributed by atoms with Crippen LogP contribution >= 0.6 is 0 Å². The van der Waals surface area contributed by atoms with E-state index >= 15 is 0 Å². The van der Waals surface area contributed by atoms with E-state index in [9.17, 15) is 21.6 Å². The summed E-state index contributed by atoms with van der Waals surface area (Å²) in [4.78, 5) is 7.78. The molecule has 0 saturated heterocycles. The van der Waals surface area contributed by atoms with Gasteiger partial charge in [-0.2, -0.15) is 13.2 Å². The Morgan fingerprint density at radius 1 is 1.19 bits per heavy atom. The second kappa shape index (κ2) is 7.02. The van der Waals surface area contributed by atoms with E-state index in [0.29, 0.717) is 11.3 Å². The van der Waals surface area contributed by atoms with E-state index in [-0.39, 0.29) is 17.1 Å². The third-order valence-corrected chi connectivity index (χ3v) is 4.90. The largest absolute Gasteiger partial charge is 0.434 e. The first kappa shape index (κ1) is 18.9. The van der Waals surface area contributed by atoms with E-state index in [1.54, 1.807) is 18.4 Å². The monoisotopic (exact) mass is 393 g/mol. The van der Waals surface area contributed by atoms with Crippen LogP contribution in [0.5, 0.6) is 0 Å². The van der Waals surface area contributed by atoms with Crippen molar-refractivity contribution in [2.24, 2.45) is 4.99 Å². The molecule has 5 nitrogen and oxygen atoms in total. The molecule has 27 heavy (non-hydrogen) atoms. The number of aliphatic imine (C=N–C) groups is 1. The van der Waals surface area contributed by atoms with Crippen LogP contribution in [-0.4, -0.2) is 30.4 Å². The third kappa shape index (κ3) is 4.27. The first-order valence-corrected chi connectivity index (χ1v) is 9.64. The molecule has 0 spiro atoms. The number of allylic oxidation sites excluding steroid dienone is 3. The second-order valence-electron chi connectivity index (χ2n) is 5.77. The lowest BCUT2D eigenvalue weighted by molar-refractivity contribution is -0.140. The zero-order chi connectivity index (χ0) is 19.7. The maximum absolute atomic E-state index is 13.2. The van der Waals surface area contributed by atoms with Crippen LogP contribution in [0.25, 0.3) is 11.3 Å². The van der Waals surface area contributed by atoms with Gasteiger partial charge in [0.1, 0.15) is 5.82 Å². The van der Waals surface area contributed by atoms with Gasteiger partial charge in [0.2, 0.25) is 0 Å². The number of halogens is 3. The molecule has 1 aromatic carbocycles. The molecule has 0 bridgehead atoms. The predicted molar refractivity (Wildman–Crippen MR) is 95.4 cm³/mol. The van der Waals surface area contributed by atoms with Crippen molar-refractivity contribution in [2.75, 3.05) is 6.26 Å². The average Bonchev–Trinajstić information content (AvgIpc) is 2.99. The Hall–Kier alpha value is -2.90. The molecule has 1 aliphatic heterocycles. The van der Waals surface area contributed by atoms with Gasteiger partial charge < -0.3 is 0 Å². The molecule has 0 amide bonds. The summed E-state index contributed by atoms with van der Waals surface area (Å²) in [7, 11) is -3.41. The summed E-state index contributed by atoms with van der Waals surface area (Å²) in [6.07, 6.45) is 3.78. The van der Waals surface area contributed by atoms with Gasteiger partial charge in [-0.1, -0.05) is 0 Å². The highest BCUT2D eigenvalue weighted by Crippen LogP contribution is 2.32. The van der Waals surface area contributed by atoms with Crippen molar-refractivity contribution in [1.29, 1.82) is 0 Å². The first-order valence-electron chi connectivity index (χ1n) is 7.75. The molecule has 140 valence electrons. The minimum atomic E-state index is -4.61. The fraction of sp³-hybridized carbons (Fsp3) is 0.167. The Kier molecular flexibility index (Phi) is 4.91. The lowest BCUT2D eigenvalue weighted by Gasteiger charge is -2.10. The molecule has 0 saturated carbocycles. The second-order valence-corrected chi connectivity index (χ2v) is 7.79. The molecule has 9 heteroatoms. The smallest absolute Gasteiger partial charge is 0.299 e. The first-order chi connectivity index (χ1) is 12.7. The molecule has 3 rings (SSSR count). The Morgan fingerprint density at radius 3 is 2.52 bits per heavy atom. The zero-order valence-electron chi connectivity index (χ0n) is 14.1. The number of aromatic nitrogens is 2. The maximum Gasteiger partial charge on any atom is 0.434 e. The van der Waals surface area contributed by atoms with E-state index in [1.807, 2.05) is 0 Å². The Bertz CT molecular complexity index is 1090. The van der Waals surface area contributed by atoms with Crippen molar-refractivity contribution in [3.63, 3.8) is 0 Å². The van der Waals surface area contributed by atoms with Crippen LogP contribution in [0.1, 0.15) is 17.9 Å². The number of hydrogen-bond donors (Lipinski definition) is 0. The highest BCUT2D eigenvalue weighted by molar-refractivity contribution is 7.90. The minimum Gasteiger partial charge on any atom is -0.299 e. The summed E-state index contributed by atoms with van der Waals surface area (Å²) >= 11 is 0. The SMILES string of the molecule is CS(=O)(=O)c1ccc(-n2cc(C(F)(F)F)nc2/C2=C/C=C=CN=CC2)cc1. The Morgan fingerprint density at radius 2 is 1.89 bits per heavy atom. The lowest BCUT2D eigenvalue weighted by Crippen LogP contribution is -2.05. The summed E-state index contributed by atoms with van der Waals surface area (Å²) in [5.74, 6) is 0.0980. The molecule has 0 fully saturated rings. The van der Waals surface area contributed by atoms with Crippen LogP contribution in [0.3, 0.4) is 0 Å². The van der Waals surface area contributed by atoms with Gasteiger partial charge in [0, 0.05) is 36.3 Å². The number of nitrogens with zero attached hydrogens (tertiary/aromatic N) is 3. The molecular formula is C18H14F3N3O2S. The van der Waals surface area contributed by atoms with Gasteiger partial charge in [-0.25, -0.2) is 13.4 Å². The minimum absolute atomic E-state index is 0.0781. The van der Waals surface area contributed by atoms with Crippen LogP contribution in [0.15, 0.2) is 64.4 Å². The van der Waals surface area contributed by atoms with Crippen LogP contribution in [-0.2, 0) is 16.0 Å². The Labute approximate surface area is 153 Å². The quantitative estimate of drug-likeness (QED) is 0.745. The number of hydrogen-bond acceptors (Lipinski definition) is 4. The van der Waals surface area contributed by atoms with Gasteiger partial charge in [0.15, 0.2) is 15.5 Å². The normalized spacial score (nSPS) is 16.7. The van der Waals surface area contributed by atoms with E-state index in [4.69, 9.17) is 0 Å². The third-order valence-electron chi connectivity index (χ3n) is 3.77. The average molecular weight is 393 g/mol. The zero-order valence-corrected chi connectivity index (χ0v) is 14.9. The van der Waals surface area contributed by atoms with Crippen molar-refractivity contribution >= 4 is 21.6 Å². The topological polar surface area (TPSA) is 64.3 Å². The Balaban J connectivity index is 2.15. The van der Waals surface area contributed by atoms with Crippen molar-refractivity contribution in [1.82, 2.24) is 9.55 Å². The van der Waals surface area contributed by atoms with Gasteiger partial charge in [-0.05, 0) is 36.4 Å². The predicted octanol–water partition coefficient (Wildman–Crippen LogP) is 3.82. The van der Waals surface area contributed by atoms with E-state index < -0.39 is 21.7 Å². The highest BCUT2D eigenvalue weighted by atomic mass is 32.2. The molecule has 0 aliphatic carbocycles. The van der Waals surface area contributed by atoms with Crippen molar-refractivity contribution in [3.05, 3.63) is 66.1 Å². The maximum atomic E-state index is 13.2. The fourth-order valence-corrected chi connectivity index (χ4v) is 3.10. The molecule has 2 aromatic rings. The molecule has 0 N–H and O–H groups in total. The van der Waals surface area contributed by atoms with Crippen LogP contribution in [0, 0.1) is 0 Å². The summed E-state index contributed by atoms with van der Waals surface area (Å²) in [6.45, 7) is 0. The highest BCUT2D eigenvalue weighted by Gasteiger charge is 2.35. The van der Waals surface area contributed by atoms with E-state index in [2.05, 4.69) is 15.7 Å². The fourth-order valence-electron chi connectivity index (χ4n) is 2.47.